The molecule has 0 aliphatic rings. The highest BCUT2D eigenvalue weighted by atomic mass is 16.2. The minimum absolute atomic E-state index is 0.337. The molecule has 0 bridgehead atoms. The Balaban J connectivity index is 0.00000163. The standard InChI is InChI=1S/C19H19N3O2.C2H4/c1-2-17(18(21)23)22-19(24)15-10-8-13(9-11-15)6-7-14-4-3-5-16(20)12-14;1-2/h3-5,8-12,17H,2,20H2,1H3,(H2,21,23)(H,22,24);1-2H2. The number of carbonyl (C=O) groups is 2. The van der Waals surface area contributed by atoms with Gasteiger partial charge in [0.1, 0.15) is 6.04 Å². The van der Waals surface area contributed by atoms with Crippen LogP contribution in [0.2, 0.25) is 0 Å². The monoisotopic (exact) mass is 349 g/mol. The third-order valence-electron chi connectivity index (χ3n) is 3.44. The summed E-state index contributed by atoms with van der Waals surface area (Å²) >= 11 is 0. The Hall–Kier alpha value is -3.52. The highest BCUT2D eigenvalue weighted by Gasteiger charge is 2.16. The number of primary amides is 1. The van der Waals surface area contributed by atoms with Gasteiger partial charge in [-0.25, -0.2) is 0 Å². The van der Waals surface area contributed by atoms with Crippen LogP contribution < -0.4 is 16.8 Å². The fourth-order valence-electron chi connectivity index (χ4n) is 2.08. The molecule has 2 rings (SSSR count). The van der Waals surface area contributed by atoms with Crippen molar-refractivity contribution in [2.45, 2.75) is 19.4 Å². The largest absolute Gasteiger partial charge is 0.399 e. The lowest BCUT2D eigenvalue weighted by Crippen LogP contribution is -2.43. The molecule has 1 unspecified atom stereocenters. The Morgan fingerprint density at radius 2 is 1.69 bits per heavy atom. The van der Waals surface area contributed by atoms with Crippen molar-refractivity contribution in [1.29, 1.82) is 0 Å². The Morgan fingerprint density at radius 3 is 2.23 bits per heavy atom. The minimum atomic E-state index is -0.666. The lowest BCUT2D eigenvalue weighted by atomic mass is 10.1. The topological polar surface area (TPSA) is 98.2 Å². The van der Waals surface area contributed by atoms with Crippen molar-refractivity contribution in [1.82, 2.24) is 5.32 Å². The van der Waals surface area contributed by atoms with Gasteiger partial charge in [0.2, 0.25) is 5.91 Å². The van der Waals surface area contributed by atoms with Crippen LogP contribution in [0.1, 0.15) is 34.8 Å². The van der Waals surface area contributed by atoms with Gasteiger partial charge in [-0.05, 0) is 48.9 Å². The van der Waals surface area contributed by atoms with Crippen molar-refractivity contribution >= 4 is 17.5 Å². The maximum atomic E-state index is 12.1. The number of nitrogens with one attached hydrogen (secondary N) is 1. The van der Waals surface area contributed by atoms with E-state index < -0.39 is 11.9 Å². The number of amides is 2. The molecule has 0 fully saturated rings. The van der Waals surface area contributed by atoms with Crippen LogP contribution in [-0.2, 0) is 4.79 Å². The molecular weight excluding hydrogens is 326 g/mol. The summed E-state index contributed by atoms with van der Waals surface area (Å²) in [5, 5.41) is 2.60. The van der Waals surface area contributed by atoms with Crippen molar-refractivity contribution in [3.8, 4) is 11.8 Å². The van der Waals surface area contributed by atoms with Crippen LogP contribution in [-0.4, -0.2) is 17.9 Å². The van der Waals surface area contributed by atoms with E-state index in [1.807, 2.05) is 12.1 Å². The van der Waals surface area contributed by atoms with Crippen LogP contribution in [0.5, 0.6) is 0 Å². The molecule has 0 aliphatic heterocycles. The predicted molar refractivity (Wildman–Crippen MR) is 105 cm³/mol. The second-order valence-electron chi connectivity index (χ2n) is 5.29. The van der Waals surface area contributed by atoms with E-state index in [0.717, 1.165) is 11.1 Å². The van der Waals surface area contributed by atoms with E-state index in [-0.39, 0.29) is 5.91 Å². The van der Waals surface area contributed by atoms with E-state index in [4.69, 9.17) is 11.5 Å². The first kappa shape index (κ1) is 20.5. The highest BCUT2D eigenvalue weighted by Crippen LogP contribution is 2.07. The van der Waals surface area contributed by atoms with E-state index in [0.29, 0.717) is 17.7 Å². The van der Waals surface area contributed by atoms with Crippen molar-refractivity contribution in [3.63, 3.8) is 0 Å². The quantitative estimate of drug-likeness (QED) is 0.449. The Morgan fingerprint density at radius 1 is 1.08 bits per heavy atom. The van der Waals surface area contributed by atoms with Crippen LogP contribution in [0, 0.1) is 11.8 Å². The van der Waals surface area contributed by atoms with E-state index in [1.54, 1.807) is 43.3 Å². The third-order valence-corrected chi connectivity index (χ3v) is 3.44. The van der Waals surface area contributed by atoms with Crippen molar-refractivity contribution < 1.29 is 9.59 Å². The van der Waals surface area contributed by atoms with E-state index in [2.05, 4.69) is 30.3 Å². The van der Waals surface area contributed by atoms with Crippen molar-refractivity contribution in [3.05, 3.63) is 78.4 Å². The van der Waals surface area contributed by atoms with Gasteiger partial charge in [-0.3, -0.25) is 9.59 Å². The molecule has 0 heterocycles. The van der Waals surface area contributed by atoms with E-state index in [1.165, 1.54) is 0 Å². The maximum absolute atomic E-state index is 12.1. The predicted octanol–water partition coefficient (Wildman–Crippen LogP) is 2.46. The summed E-state index contributed by atoms with van der Waals surface area (Å²) < 4.78 is 0. The minimum Gasteiger partial charge on any atom is -0.399 e. The van der Waals surface area contributed by atoms with Gasteiger partial charge in [-0.15, -0.1) is 13.2 Å². The first-order chi connectivity index (χ1) is 12.5. The van der Waals surface area contributed by atoms with Crippen molar-refractivity contribution in [2.75, 3.05) is 5.73 Å². The van der Waals surface area contributed by atoms with Crippen LogP contribution in [0.4, 0.5) is 5.69 Å². The molecule has 5 N–H and O–H groups in total. The lowest BCUT2D eigenvalue weighted by Gasteiger charge is -2.13. The van der Waals surface area contributed by atoms with Gasteiger partial charge in [0.15, 0.2) is 0 Å². The van der Waals surface area contributed by atoms with Crippen LogP contribution in [0.15, 0.2) is 61.7 Å². The van der Waals surface area contributed by atoms with Crippen LogP contribution in [0.25, 0.3) is 0 Å². The third kappa shape index (κ3) is 6.17. The molecule has 5 nitrogen and oxygen atoms in total. The number of anilines is 1. The van der Waals surface area contributed by atoms with Crippen LogP contribution in [0.3, 0.4) is 0 Å². The van der Waals surface area contributed by atoms with Gasteiger partial charge in [0.05, 0.1) is 0 Å². The molecule has 2 aromatic rings. The summed E-state index contributed by atoms with van der Waals surface area (Å²) in [6, 6.07) is 13.5. The van der Waals surface area contributed by atoms with Gasteiger partial charge in [0.25, 0.3) is 5.91 Å². The van der Waals surface area contributed by atoms with E-state index in [9.17, 15) is 9.59 Å². The fourth-order valence-corrected chi connectivity index (χ4v) is 2.08. The smallest absolute Gasteiger partial charge is 0.251 e. The van der Waals surface area contributed by atoms with Crippen molar-refractivity contribution in [2.24, 2.45) is 5.73 Å². The second-order valence-corrected chi connectivity index (χ2v) is 5.29. The first-order valence-electron chi connectivity index (χ1n) is 8.07. The lowest BCUT2D eigenvalue weighted by molar-refractivity contribution is -0.119. The fraction of sp³-hybridized carbons (Fsp3) is 0.143. The molecule has 0 radical (unpaired) electrons. The molecule has 0 saturated carbocycles. The summed E-state index contributed by atoms with van der Waals surface area (Å²) in [5.74, 6) is 5.15. The normalized spacial score (nSPS) is 10.3. The Kier molecular flexibility index (Phi) is 8.18. The first-order valence-corrected chi connectivity index (χ1v) is 8.07. The summed E-state index contributed by atoms with van der Waals surface area (Å²) in [5.41, 5.74) is 13.6. The molecule has 0 aromatic heterocycles. The number of nitrogens with two attached hydrogens (primary N) is 2. The number of nitrogen functional groups attached to an aromatic ring is 1. The van der Waals surface area contributed by atoms with Gasteiger partial charge < -0.3 is 16.8 Å². The van der Waals surface area contributed by atoms with Gasteiger partial charge in [-0.2, -0.15) is 0 Å². The van der Waals surface area contributed by atoms with Gasteiger partial charge in [-0.1, -0.05) is 24.8 Å². The molecule has 5 heteroatoms. The van der Waals surface area contributed by atoms with Gasteiger partial charge in [0, 0.05) is 22.4 Å². The number of hydrogen-bond acceptors (Lipinski definition) is 3. The number of carbonyl (C=O) groups excluding carboxylic acids is 2. The average molecular weight is 349 g/mol. The summed E-state index contributed by atoms with van der Waals surface area (Å²) in [7, 11) is 0. The van der Waals surface area contributed by atoms with E-state index >= 15 is 0 Å². The molecule has 2 aromatic carbocycles. The molecule has 0 saturated heterocycles. The Labute approximate surface area is 154 Å². The molecule has 0 aliphatic carbocycles. The molecule has 0 spiro atoms. The van der Waals surface area contributed by atoms with Crippen LogP contribution >= 0.6 is 0 Å². The molecular formula is C21H23N3O2. The zero-order chi connectivity index (χ0) is 19.5. The number of rotatable bonds is 4. The number of hydrogen-bond donors (Lipinski definition) is 3. The maximum Gasteiger partial charge on any atom is 0.251 e. The zero-order valence-electron chi connectivity index (χ0n) is 14.8. The number of benzene rings is 2. The summed E-state index contributed by atoms with van der Waals surface area (Å²) in [4.78, 5) is 23.3. The molecule has 1 atom stereocenters. The van der Waals surface area contributed by atoms with Gasteiger partial charge >= 0.3 is 0 Å². The molecule has 134 valence electrons. The zero-order valence-corrected chi connectivity index (χ0v) is 14.8. The summed E-state index contributed by atoms with van der Waals surface area (Å²) in [6.07, 6.45) is 0.449. The second kappa shape index (κ2) is 10.4. The summed E-state index contributed by atoms with van der Waals surface area (Å²) in [6.45, 7) is 7.78. The molecule has 26 heavy (non-hydrogen) atoms. The Bertz CT molecular complexity index is 817. The SMILES string of the molecule is C=C.CCC(NC(=O)c1ccc(C#Cc2cccc(N)c2)cc1)C(N)=O. The highest BCUT2D eigenvalue weighted by molar-refractivity contribution is 5.97. The average Bonchev–Trinajstić information content (AvgIpc) is 2.66. The molecule has 2 amide bonds.